The SMILES string of the molecule is C[C@]1(O)C[C@@H](O)CN(C(=O)c2ccc(OCC(=O)O)cc2)C[C@@H]1n1cnc2c(N)ncnc21. The minimum Gasteiger partial charge on any atom is -0.482 e. The topological polar surface area (TPSA) is 177 Å². The molecule has 1 saturated heterocycles. The van der Waals surface area contributed by atoms with Crippen molar-refractivity contribution in [3.8, 4) is 5.75 Å². The lowest BCUT2D eigenvalue weighted by atomic mass is 9.91. The van der Waals surface area contributed by atoms with Gasteiger partial charge in [-0.05, 0) is 31.2 Å². The van der Waals surface area contributed by atoms with Crippen molar-refractivity contribution in [2.45, 2.75) is 31.1 Å². The van der Waals surface area contributed by atoms with Gasteiger partial charge in [-0.25, -0.2) is 19.7 Å². The standard InChI is InChI=1S/C21H24N6O6/c1-21(32)6-13(28)7-26(20(31)12-2-4-14(5-3-12)33-9-16(29)30)8-15(21)27-11-25-17-18(22)23-10-24-19(17)27/h2-5,10-11,13,15,28,32H,6-9H2,1H3,(H,29,30)(H2,22,23,24)/t13-,15+,21+/m1/s1. The number of rotatable bonds is 5. The molecule has 0 aliphatic carbocycles. The zero-order valence-electron chi connectivity index (χ0n) is 17.8. The Kier molecular flexibility index (Phi) is 5.87. The molecule has 33 heavy (non-hydrogen) atoms. The van der Waals surface area contributed by atoms with Crippen LogP contribution in [0.4, 0.5) is 5.82 Å². The van der Waals surface area contributed by atoms with Crippen molar-refractivity contribution in [1.29, 1.82) is 0 Å². The fourth-order valence-corrected chi connectivity index (χ4v) is 4.08. The maximum Gasteiger partial charge on any atom is 0.341 e. The summed E-state index contributed by atoms with van der Waals surface area (Å²) in [6.07, 6.45) is 1.86. The van der Waals surface area contributed by atoms with Gasteiger partial charge in [0.15, 0.2) is 18.1 Å². The third kappa shape index (κ3) is 4.56. The molecular weight excluding hydrogens is 432 g/mol. The van der Waals surface area contributed by atoms with Crippen molar-refractivity contribution in [2.24, 2.45) is 0 Å². The van der Waals surface area contributed by atoms with Crippen LogP contribution in [-0.4, -0.2) is 83.0 Å². The van der Waals surface area contributed by atoms with Gasteiger partial charge >= 0.3 is 5.97 Å². The van der Waals surface area contributed by atoms with Gasteiger partial charge in [0.05, 0.1) is 24.1 Å². The first kappa shape index (κ1) is 22.4. The highest BCUT2D eigenvalue weighted by Gasteiger charge is 2.42. The number of ether oxygens (including phenoxy) is 1. The molecule has 5 N–H and O–H groups in total. The van der Waals surface area contributed by atoms with E-state index in [1.807, 2.05) is 0 Å². The molecule has 12 heteroatoms. The number of fused-ring (bicyclic) bond motifs is 1. The summed E-state index contributed by atoms with van der Waals surface area (Å²) in [6, 6.07) is 5.37. The fraction of sp³-hybridized carbons (Fsp3) is 0.381. The van der Waals surface area contributed by atoms with E-state index in [9.17, 15) is 19.8 Å². The number of anilines is 1. The minimum atomic E-state index is -1.38. The number of hydrogen-bond acceptors (Lipinski definition) is 9. The Labute approximate surface area is 188 Å². The largest absolute Gasteiger partial charge is 0.482 e. The number of likely N-dealkylation sites (tertiary alicyclic amines) is 1. The summed E-state index contributed by atoms with van der Waals surface area (Å²) in [7, 11) is 0. The molecule has 3 aromatic rings. The molecule has 0 spiro atoms. The normalized spacial score (nSPS) is 23.3. The zero-order chi connectivity index (χ0) is 23.8. The average molecular weight is 456 g/mol. The molecule has 1 aliphatic heterocycles. The van der Waals surface area contributed by atoms with Crippen molar-refractivity contribution in [3.63, 3.8) is 0 Å². The highest BCUT2D eigenvalue weighted by molar-refractivity contribution is 5.94. The second-order valence-corrected chi connectivity index (χ2v) is 8.23. The summed E-state index contributed by atoms with van der Waals surface area (Å²) < 4.78 is 6.75. The third-order valence-corrected chi connectivity index (χ3v) is 5.66. The quantitative estimate of drug-likeness (QED) is 0.411. The number of hydrogen-bond donors (Lipinski definition) is 4. The predicted molar refractivity (Wildman–Crippen MR) is 115 cm³/mol. The van der Waals surface area contributed by atoms with E-state index >= 15 is 0 Å². The number of imidazole rings is 1. The average Bonchev–Trinajstić information content (AvgIpc) is 3.14. The van der Waals surface area contributed by atoms with E-state index in [0.717, 1.165) is 0 Å². The van der Waals surface area contributed by atoms with Gasteiger partial charge in [-0.2, -0.15) is 0 Å². The molecule has 3 atom stereocenters. The van der Waals surface area contributed by atoms with E-state index in [-0.39, 0.29) is 31.2 Å². The number of aromatic nitrogens is 4. The van der Waals surface area contributed by atoms with Crippen LogP contribution in [0.3, 0.4) is 0 Å². The second-order valence-electron chi connectivity index (χ2n) is 8.23. The molecule has 0 unspecified atom stereocenters. The first-order valence-electron chi connectivity index (χ1n) is 10.2. The lowest BCUT2D eigenvalue weighted by molar-refractivity contribution is -0.139. The molecule has 1 aliphatic rings. The number of amides is 1. The Morgan fingerprint density at radius 1 is 1.21 bits per heavy atom. The maximum absolute atomic E-state index is 13.2. The fourth-order valence-electron chi connectivity index (χ4n) is 4.08. The predicted octanol–water partition coefficient (Wildman–Crippen LogP) is 0.0710. The van der Waals surface area contributed by atoms with Crippen LogP contribution in [0.2, 0.25) is 0 Å². The Morgan fingerprint density at radius 3 is 2.64 bits per heavy atom. The summed E-state index contributed by atoms with van der Waals surface area (Å²) in [5.74, 6) is -0.955. The number of carboxylic acid groups (broad SMARTS) is 1. The minimum absolute atomic E-state index is 0.0203. The van der Waals surface area contributed by atoms with Crippen LogP contribution in [0, 0.1) is 0 Å². The number of nitrogens with two attached hydrogens (primary N) is 1. The molecular formula is C21H24N6O6. The van der Waals surface area contributed by atoms with Crippen molar-refractivity contribution < 1.29 is 29.6 Å². The number of benzene rings is 1. The van der Waals surface area contributed by atoms with E-state index in [0.29, 0.717) is 22.5 Å². The third-order valence-electron chi connectivity index (χ3n) is 5.66. The van der Waals surface area contributed by atoms with Crippen molar-refractivity contribution >= 4 is 28.9 Å². The first-order chi connectivity index (χ1) is 15.7. The van der Waals surface area contributed by atoms with E-state index < -0.39 is 30.3 Å². The van der Waals surface area contributed by atoms with Crippen molar-refractivity contribution in [3.05, 3.63) is 42.5 Å². The van der Waals surface area contributed by atoms with Crippen LogP contribution in [0.5, 0.6) is 5.75 Å². The molecule has 1 aromatic carbocycles. The number of β-amino-alcohol motifs (C(OH)–C–C–N with tert-alkyl or cyclic N) is 1. The molecule has 174 valence electrons. The highest BCUT2D eigenvalue weighted by Crippen LogP contribution is 2.34. The van der Waals surface area contributed by atoms with Gasteiger partial charge in [0.2, 0.25) is 0 Å². The van der Waals surface area contributed by atoms with Gasteiger partial charge in [0.25, 0.3) is 5.91 Å². The van der Waals surface area contributed by atoms with Crippen LogP contribution in [0.15, 0.2) is 36.9 Å². The van der Waals surface area contributed by atoms with Crippen LogP contribution in [0.1, 0.15) is 29.7 Å². The van der Waals surface area contributed by atoms with Crippen LogP contribution < -0.4 is 10.5 Å². The van der Waals surface area contributed by atoms with Crippen molar-refractivity contribution in [2.75, 3.05) is 25.4 Å². The first-order valence-corrected chi connectivity index (χ1v) is 10.2. The lowest BCUT2D eigenvalue weighted by Gasteiger charge is -2.34. The Morgan fingerprint density at radius 2 is 1.94 bits per heavy atom. The monoisotopic (exact) mass is 456 g/mol. The highest BCUT2D eigenvalue weighted by atomic mass is 16.5. The number of nitrogens with zero attached hydrogens (tertiary/aromatic N) is 5. The molecule has 2 aromatic heterocycles. The molecule has 4 rings (SSSR count). The Bertz CT molecular complexity index is 1180. The summed E-state index contributed by atoms with van der Waals surface area (Å²) in [5, 5.41) is 30.5. The van der Waals surface area contributed by atoms with E-state index in [1.165, 1.54) is 41.8 Å². The van der Waals surface area contributed by atoms with Gasteiger partial charge in [-0.3, -0.25) is 4.79 Å². The van der Waals surface area contributed by atoms with Crippen LogP contribution in [0.25, 0.3) is 11.2 Å². The maximum atomic E-state index is 13.2. The molecule has 0 bridgehead atoms. The summed E-state index contributed by atoms with van der Waals surface area (Å²) >= 11 is 0. The van der Waals surface area contributed by atoms with Gasteiger partial charge in [0, 0.05) is 25.1 Å². The number of aliphatic hydroxyl groups is 2. The summed E-state index contributed by atoms with van der Waals surface area (Å²) in [4.78, 5) is 37.8. The molecule has 0 saturated carbocycles. The molecule has 12 nitrogen and oxygen atoms in total. The summed E-state index contributed by atoms with van der Waals surface area (Å²) in [5.41, 5.74) is 5.63. The van der Waals surface area contributed by atoms with Crippen molar-refractivity contribution in [1.82, 2.24) is 24.4 Å². The lowest BCUT2D eigenvalue weighted by Crippen LogP contribution is -2.42. The zero-order valence-corrected chi connectivity index (χ0v) is 17.8. The van der Waals surface area contributed by atoms with Gasteiger partial charge in [-0.1, -0.05) is 0 Å². The van der Waals surface area contributed by atoms with Crippen LogP contribution >= 0.6 is 0 Å². The Balaban J connectivity index is 1.63. The second kappa shape index (κ2) is 8.64. The number of carboxylic acids is 1. The van der Waals surface area contributed by atoms with Gasteiger partial charge in [0.1, 0.15) is 17.6 Å². The summed E-state index contributed by atoms with van der Waals surface area (Å²) in [6.45, 7) is 1.21. The van der Waals surface area contributed by atoms with E-state index in [1.54, 1.807) is 11.5 Å². The van der Waals surface area contributed by atoms with E-state index in [4.69, 9.17) is 15.6 Å². The number of carbonyl (C=O) groups is 2. The van der Waals surface area contributed by atoms with E-state index in [2.05, 4.69) is 15.0 Å². The molecule has 3 heterocycles. The molecule has 0 radical (unpaired) electrons. The number of carbonyl (C=O) groups excluding carboxylic acids is 1. The van der Waals surface area contributed by atoms with Gasteiger partial charge in [-0.15, -0.1) is 0 Å². The smallest absolute Gasteiger partial charge is 0.341 e. The van der Waals surface area contributed by atoms with Crippen LogP contribution in [-0.2, 0) is 4.79 Å². The van der Waals surface area contributed by atoms with Gasteiger partial charge < -0.3 is 35.3 Å². The Hall–Kier alpha value is -3.77. The molecule has 1 amide bonds. The number of aliphatic carboxylic acids is 1. The molecule has 1 fully saturated rings. The number of aliphatic hydroxyl groups excluding tert-OH is 1. The number of nitrogen functional groups attached to an aromatic ring is 1.